The summed E-state index contributed by atoms with van der Waals surface area (Å²) in [6, 6.07) is 7.02. The van der Waals surface area contributed by atoms with E-state index in [4.69, 9.17) is 9.47 Å². The lowest BCUT2D eigenvalue weighted by molar-refractivity contribution is -0.143. The van der Waals surface area contributed by atoms with Crippen LogP contribution in [-0.4, -0.2) is 55.1 Å². The number of anilines is 1. The molecule has 0 saturated carbocycles. The van der Waals surface area contributed by atoms with Gasteiger partial charge in [-0.25, -0.2) is 4.79 Å². The summed E-state index contributed by atoms with van der Waals surface area (Å²) in [5.74, 6) is -1.39. The van der Waals surface area contributed by atoms with Crippen molar-refractivity contribution < 1.29 is 29.0 Å². The predicted octanol–water partition coefficient (Wildman–Crippen LogP) is 1.79. The molecule has 2 aliphatic rings. The van der Waals surface area contributed by atoms with Crippen LogP contribution in [0, 0.1) is 11.8 Å². The van der Waals surface area contributed by atoms with Gasteiger partial charge in [0.1, 0.15) is 0 Å². The quantitative estimate of drug-likeness (QED) is 0.399. The summed E-state index contributed by atoms with van der Waals surface area (Å²) in [5.41, 5.74) is -0.195. The third-order valence-corrected chi connectivity index (χ3v) is 6.10. The zero-order valence-electron chi connectivity index (χ0n) is 17.5. The highest BCUT2D eigenvalue weighted by Gasteiger charge is 2.46. The zero-order chi connectivity index (χ0) is 21.9. The predicted molar refractivity (Wildman–Crippen MR) is 109 cm³/mol. The lowest BCUT2D eigenvalue weighted by Crippen LogP contribution is -2.48. The number of para-hydroxylation sites is 1. The van der Waals surface area contributed by atoms with E-state index in [1.807, 2.05) is 6.92 Å². The minimum Gasteiger partial charge on any atom is -0.504 e. The summed E-state index contributed by atoms with van der Waals surface area (Å²) >= 11 is 0. The monoisotopic (exact) mass is 416 g/mol. The minimum absolute atomic E-state index is 0.0301. The zero-order valence-corrected chi connectivity index (χ0v) is 17.5. The van der Waals surface area contributed by atoms with Crippen LogP contribution in [0.25, 0.3) is 0 Å². The summed E-state index contributed by atoms with van der Waals surface area (Å²) in [6.07, 6.45) is 2.34. The Morgan fingerprint density at radius 1 is 1.33 bits per heavy atom. The molecule has 1 aromatic rings. The number of methoxy groups -OCH3 is 2. The number of carbonyl (C=O) groups excluding carboxylic acids is 3. The largest absolute Gasteiger partial charge is 0.504 e. The van der Waals surface area contributed by atoms with Crippen LogP contribution < -0.4 is 5.32 Å². The van der Waals surface area contributed by atoms with E-state index in [1.54, 1.807) is 29.2 Å². The molecule has 2 aliphatic heterocycles. The maximum absolute atomic E-state index is 12.8. The highest BCUT2D eigenvalue weighted by atomic mass is 16.5. The molecule has 0 radical (unpaired) electrons. The van der Waals surface area contributed by atoms with Gasteiger partial charge in [0.15, 0.2) is 5.60 Å². The first-order valence-corrected chi connectivity index (χ1v) is 10.1. The first kappa shape index (κ1) is 21.8. The van der Waals surface area contributed by atoms with Gasteiger partial charge in [-0.05, 0) is 12.0 Å². The number of hydrogen-bond donors (Lipinski definition) is 2. The van der Waals surface area contributed by atoms with Crippen LogP contribution in [0.4, 0.5) is 5.69 Å². The Hall–Kier alpha value is -2.87. The molecule has 8 nitrogen and oxygen atoms in total. The smallest absolute Gasteiger partial charge is 0.337 e. The second-order valence-electron chi connectivity index (χ2n) is 7.73. The van der Waals surface area contributed by atoms with E-state index in [2.05, 4.69) is 5.32 Å². The van der Waals surface area contributed by atoms with Gasteiger partial charge >= 0.3 is 5.97 Å². The van der Waals surface area contributed by atoms with Crippen LogP contribution in [0.1, 0.15) is 31.7 Å². The van der Waals surface area contributed by atoms with Gasteiger partial charge in [-0.2, -0.15) is 0 Å². The Morgan fingerprint density at radius 2 is 2.07 bits per heavy atom. The molecule has 162 valence electrons. The number of fused-ring (bicyclic) bond motifs is 1. The summed E-state index contributed by atoms with van der Waals surface area (Å²) < 4.78 is 9.90. The first-order chi connectivity index (χ1) is 14.3. The standard InChI is InChI=1S/C22H28N2O6/c1-4-14-12-24(19(25)11-15(14)16(13-29-2)20(26)30-3)10-9-22(28)17-7-5-6-8-18(17)23-21(22)27/h5-8,13-15,28H,4,9-12H2,1-3H3,(H,23,27)/b16-13-/t14-,15-,22+/m0/s1. The topological polar surface area (TPSA) is 105 Å². The molecule has 2 N–H and O–H groups in total. The third-order valence-electron chi connectivity index (χ3n) is 6.10. The SMILES string of the molecule is CC[C@H]1CN(CC[C@]2(O)C(=O)Nc3ccccc32)C(=O)C[C@@H]1/C(=C/OC)C(=O)OC. The third kappa shape index (κ3) is 3.92. The van der Waals surface area contributed by atoms with Gasteiger partial charge in [-0.1, -0.05) is 31.5 Å². The van der Waals surface area contributed by atoms with Crippen LogP contribution in [0.5, 0.6) is 0 Å². The van der Waals surface area contributed by atoms with E-state index in [0.717, 1.165) is 6.42 Å². The molecule has 2 heterocycles. The van der Waals surface area contributed by atoms with E-state index >= 15 is 0 Å². The fourth-order valence-electron chi connectivity index (χ4n) is 4.37. The maximum atomic E-state index is 12.8. The number of benzene rings is 1. The Balaban J connectivity index is 1.74. The molecule has 3 atom stereocenters. The minimum atomic E-state index is -1.66. The lowest BCUT2D eigenvalue weighted by atomic mass is 9.78. The van der Waals surface area contributed by atoms with Crippen molar-refractivity contribution >= 4 is 23.5 Å². The van der Waals surface area contributed by atoms with Crippen molar-refractivity contribution in [1.82, 2.24) is 4.90 Å². The first-order valence-electron chi connectivity index (χ1n) is 10.1. The van der Waals surface area contributed by atoms with E-state index in [-0.39, 0.29) is 37.1 Å². The molecular weight excluding hydrogens is 388 g/mol. The van der Waals surface area contributed by atoms with Gasteiger partial charge in [0, 0.05) is 43.1 Å². The summed E-state index contributed by atoms with van der Waals surface area (Å²) in [4.78, 5) is 39.1. The molecule has 8 heteroatoms. The number of nitrogens with zero attached hydrogens (tertiary/aromatic N) is 1. The molecule has 1 fully saturated rings. The van der Waals surface area contributed by atoms with Gasteiger partial charge in [-0.15, -0.1) is 0 Å². The fourth-order valence-corrected chi connectivity index (χ4v) is 4.37. The number of hydrogen-bond acceptors (Lipinski definition) is 6. The maximum Gasteiger partial charge on any atom is 0.337 e. The molecule has 0 spiro atoms. The molecule has 0 bridgehead atoms. The average molecular weight is 416 g/mol. The molecule has 1 saturated heterocycles. The second kappa shape index (κ2) is 8.87. The Bertz CT molecular complexity index is 867. The average Bonchev–Trinajstić information content (AvgIpc) is 3.01. The van der Waals surface area contributed by atoms with Crippen molar-refractivity contribution in [1.29, 1.82) is 0 Å². The number of carbonyl (C=O) groups is 3. The van der Waals surface area contributed by atoms with Gasteiger partial charge < -0.3 is 24.8 Å². The van der Waals surface area contributed by atoms with Crippen LogP contribution in [-0.2, 0) is 29.5 Å². The highest BCUT2D eigenvalue weighted by molar-refractivity contribution is 6.04. The molecule has 2 amide bonds. The molecular formula is C22H28N2O6. The Morgan fingerprint density at radius 3 is 2.73 bits per heavy atom. The Labute approximate surface area is 175 Å². The van der Waals surface area contributed by atoms with Crippen LogP contribution in [0.3, 0.4) is 0 Å². The lowest BCUT2D eigenvalue weighted by Gasteiger charge is -2.39. The van der Waals surface area contributed by atoms with Crippen molar-refractivity contribution in [2.45, 2.75) is 31.8 Å². The van der Waals surface area contributed by atoms with E-state index in [0.29, 0.717) is 23.4 Å². The number of aliphatic hydroxyl groups is 1. The van der Waals surface area contributed by atoms with Crippen molar-refractivity contribution in [3.8, 4) is 0 Å². The Kier molecular flexibility index (Phi) is 6.45. The number of rotatable bonds is 7. The summed E-state index contributed by atoms with van der Waals surface area (Å²) in [6.45, 7) is 2.67. The van der Waals surface area contributed by atoms with Gasteiger partial charge in [0.05, 0.1) is 26.1 Å². The summed E-state index contributed by atoms with van der Waals surface area (Å²) in [5, 5.41) is 13.7. The number of piperidine rings is 1. The van der Waals surface area contributed by atoms with Gasteiger partial charge in [0.2, 0.25) is 5.91 Å². The number of nitrogens with one attached hydrogen (secondary N) is 1. The molecule has 0 aromatic heterocycles. The van der Waals surface area contributed by atoms with Gasteiger partial charge in [0.25, 0.3) is 5.91 Å². The van der Waals surface area contributed by atoms with Crippen LogP contribution in [0.15, 0.2) is 36.1 Å². The second-order valence-corrected chi connectivity index (χ2v) is 7.73. The normalized spacial score (nSPS) is 26.3. The van der Waals surface area contributed by atoms with Crippen molar-refractivity contribution in [2.24, 2.45) is 11.8 Å². The molecule has 0 aliphatic carbocycles. The molecule has 1 aromatic carbocycles. The van der Waals surface area contributed by atoms with Crippen molar-refractivity contribution in [3.63, 3.8) is 0 Å². The highest BCUT2D eigenvalue weighted by Crippen LogP contribution is 2.39. The number of esters is 1. The molecule has 30 heavy (non-hydrogen) atoms. The number of amides is 2. The van der Waals surface area contributed by atoms with Crippen molar-refractivity contribution in [3.05, 3.63) is 41.7 Å². The van der Waals surface area contributed by atoms with E-state index < -0.39 is 17.5 Å². The van der Waals surface area contributed by atoms with E-state index in [1.165, 1.54) is 20.5 Å². The van der Waals surface area contributed by atoms with Crippen molar-refractivity contribution in [2.75, 3.05) is 32.6 Å². The van der Waals surface area contributed by atoms with E-state index in [9.17, 15) is 19.5 Å². The van der Waals surface area contributed by atoms with Gasteiger partial charge in [-0.3, -0.25) is 9.59 Å². The number of ether oxygens (including phenoxy) is 2. The number of likely N-dealkylation sites (tertiary alicyclic amines) is 1. The summed E-state index contributed by atoms with van der Waals surface area (Å²) in [7, 11) is 2.75. The van der Waals surface area contributed by atoms with Crippen LogP contribution in [0.2, 0.25) is 0 Å². The molecule has 3 rings (SSSR count). The fraction of sp³-hybridized carbons (Fsp3) is 0.500. The molecule has 0 unspecified atom stereocenters. The van der Waals surface area contributed by atoms with Crippen LogP contribution >= 0.6 is 0 Å².